The van der Waals surface area contributed by atoms with E-state index >= 15 is 0 Å². The molecule has 19 nitrogen and oxygen atoms in total. The molecule has 1 amide bonds. The Hall–Kier alpha value is -2.25. The predicted octanol–water partition coefficient (Wildman–Crippen LogP) is 3.92. The monoisotopic (exact) mass is 1070 g/mol. The maximum atomic E-state index is 13.3. The van der Waals surface area contributed by atoms with Crippen molar-refractivity contribution in [1.82, 2.24) is 5.32 Å². The van der Waals surface area contributed by atoms with Crippen LogP contribution in [-0.4, -0.2) is 193 Å². The topological polar surface area (TPSA) is 307 Å². The Kier molecular flexibility index (Phi) is 35.8. The molecule has 3 rings (SSSR count). The van der Waals surface area contributed by atoms with E-state index in [1.54, 1.807) is 6.08 Å². The van der Waals surface area contributed by atoms with E-state index < -0.39 is 124 Å². The van der Waals surface area contributed by atoms with Gasteiger partial charge in [0, 0.05) is 6.42 Å². The van der Waals surface area contributed by atoms with E-state index in [-0.39, 0.29) is 18.9 Å². The van der Waals surface area contributed by atoms with Crippen LogP contribution >= 0.6 is 0 Å². The van der Waals surface area contributed by atoms with Crippen LogP contribution in [0.25, 0.3) is 0 Å². The number of aliphatic hydroxyl groups excluding tert-OH is 11. The molecule has 3 aliphatic heterocycles. The molecule has 0 aliphatic carbocycles. The number of hydrogen-bond donors (Lipinski definition) is 12. The normalized spacial score (nSPS) is 31.6. The number of unbranched alkanes of at least 4 members (excludes halogenated alkanes) is 18. The van der Waals surface area contributed by atoms with E-state index in [0.29, 0.717) is 12.8 Å². The van der Waals surface area contributed by atoms with Gasteiger partial charge in [-0.1, -0.05) is 140 Å². The Balaban J connectivity index is 1.56. The van der Waals surface area contributed by atoms with E-state index in [1.807, 2.05) is 6.08 Å². The maximum absolute atomic E-state index is 13.3. The van der Waals surface area contributed by atoms with Crippen molar-refractivity contribution in [2.75, 3.05) is 26.4 Å². The maximum Gasteiger partial charge on any atom is 0.220 e. The zero-order valence-electron chi connectivity index (χ0n) is 45.0. The molecule has 0 aromatic heterocycles. The second-order valence-electron chi connectivity index (χ2n) is 20.4. The van der Waals surface area contributed by atoms with E-state index in [1.165, 1.54) is 70.6 Å². The zero-order chi connectivity index (χ0) is 54.8. The molecule has 75 heavy (non-hydrogen) atoms. The summed E-state index contributed by atoms with van der Waals surface area (Å²) >= 11 is 0. The molecule has 17 unspecified atom stereocenters. The lowest BCUT2D eigenvalue weighted by Crippen LogP contribution is -2.66. The molecule has 3 fully saturated rings. The second-order valence-corrected chi connectivity index (χ2v) is 20.4. The van der Waals surface area contributed by atoms with Crippen LogP contribution in [0.5, 0.6) is 0 Å². The van der Waals surface area contributed by atoms with Crippen molar-refractivity contribution < 1.29 is 89.4 Å². The Labute approximate surface area is 446 Å². The number of nitrogens with one attached hydrogen (secondary N) is 1. The molecule has 0 aromatic carbocycles. The third kappa shape index (κ3) is 24.8. The lowest BCUT2D eigenvalue weighted by atomic mass is 9.96. The summed E-state index contributed by atoms with van der Waals surface area (Å²) in [4.78, 5) is 13.3. The third-order valence-corrected chi connectivity index (χ3v) is 14.1. The second kappa shape index (κ2) is 40.0. The summed E-state index contributed by atoms with van der Waals surface area (Å²) in [6.07, 6.45) is 15.3. The standard InChI is InChI=1S/C56H99NO18/c1-3-5-7-9-11-13-15-17-19-20-21-23-25-27-29-31-33-40(61)39(57-44(62)34-32-30-28-26-24-22-18-16-14-12-10-8-6-4-2)38-70-54-50(68)47(65)52(42(36-59)72-54)75-56-51(69)48(66)53(43(37-60)73-56)74-55-49(67)46(64)45(63)41(35-58)71-55/h16-19,23,25,31,33,39-43,45-56,58-61,63-69H,3-15,20-22,24,26-30,32,34-38H2,1-2H3,(H,57,62)/b18-16-,19-17+,25-23+,33-31+. The molecule has 0 bridgehead atoms. The van der Waals surface area contributed by atoms with E-state index in [0.717, 1.165) is 64.2 Å². The first kappa shape index (κ1) is 67.0. The average Bonchev–Trinajstić information content (AvgIpc) is 3.41. The quantitative estimate of drug-likeness (QED) is 0.0306. The summed E-state index contributed by atoms with van der Waals surface area (Å²) in [5.74, 6) is -0.302. The summed E-state index contributed by atoms with van der Waals surface area (Å²) in [7, 11) is 0. The van der Waals surface area contributed by atoms with Crippen LogP contribution in [-0.2, 0) is 33.2 Å². The minimum Gasteiger partial charge on any atom is -0.394 e. The van der Waals surface area contributed by atoms with Crippen LogP contribution in [0.15, 0.2) is 48.6 Å². The molecule has 0 spiro atoms. The van der Waals surface area contributed by atoms with Gasteiger partial charge >= 0.3 is 0 Å². The summed E-state index contributed by atoms with van der Waals surface area (Å²) in [5, 5.41) is 120. The van der Waals surface area contributed by atoms with E-state index in [4.69, 9.17) is 28.4 Å². The fourth-order valence-electron chi connectivity index (χ4n) is 9.33. The molecule has 0 radical (unpaired) electrons. The van der Waals surface area contributed by atoms with Gasteiger partial charge in [0.15, 0.2) is 18.9 Å². The Morgan fingerprint density at radius 1 is 0.467 bits per heavy atom. The van der Waals surface area contributed by atoms with Gasteiger partial charge in [-0.3, -0.25) is 4.79 Å². The number of hydrogen-bond acceptors (Lipinski definition) is 18. The minimum atomic E-state index is -1.98. The van der Waals surface area contributed by atoms with E-state index in [9.17, 15) is 61.0 Å². The highest BCUT2D eigenvalue weighted by Crippen LogP contribution is 2.33. The molecule has 12 N–H and O–H groups in total. The van der Waals surface area contributed by atoms with Crippen LogP contribution in [0.2, 0.25) is 0 Å². The number of allylic oxidation sites excluding steroid dienone is 7. The summed E-state index contributed by atoms with van der Waals surface area (Å²) in [6, 6.07) is -0.999. The van der Waals surface area contributed by atoms with Gasteiger partial charge in [0.05, 0.1) is 38.6 Å². The molecule has 3 saturated heterocycles. The molecule has 3 aliphatic rings. The molecular weight excluding hydrogens is 975 g/mol. The largest absolute Gasteiger partial charge is 0.394 e. The fourth-order valence-corrected chi connectivity index (χ4v) is 9.33. The number of ether oxygens (including phenoxy) is 6. The van der Waals surface area contributed by atoms with Gasteiger partial charge in [-0.2, -0.15) is 0 Å². The van der Waals surface area contributed by atoms with Gasteiger partial charge in [0.2, 0.25) is 5.91 Å². The highest BCUT2D eigenvalue weighted by atomic mass is 16.8. The molecular formula is C56H99NO18. The molecule has 436 valence electrons. The van der Waals surface area contributed by atoms with Gasteiger partial charge in [-0.15, -0.1) is 0 Å². The van der Waals surface area contributed by atoms with Crippen molar-refractivity contribution in [3.63, 3.8) is 0 Å². The van der Waals surface area contributed by atoms with Crippen LogP contribution in [0, 0.1) is 0 Å². The van der Waals surface area contributed by atoms with Crippen LogP contribution in [0.4, 0.5) is 0 Å². The van der Waals surface area contributed by atoms with Gasteiger partial charge in [-0.05, 0) is 70.6 Å². The molecule has 3 heterocycles. The first-order valence-corrected chi connectivity index (χ1v) is 28.4. The lowest BCUT2D eigenvalue weighted by Gasteiger charge is -2.48. The van der Waals surface area contributed by atoms with E-state index in [2.05, 4.69) is 55.6 Å². The number of amides is 1. The van der Waals surface area contributed by atoms with Crippen molar-refractivity contribution in [2.45, 2.75) is 272 Å². The van der Waals surface area contributed by atoms with Crippen LogP contribution < -0.4 is 5.32 Å². The molecule has 0 aromatic rings. The van der Waals surface area contributed by atoms with Crippen LogP contribution in [0.3, 0.4) is 0 Å². The lowest BCUT2D eigenvalue weighted by molar-refractivity contribution is -0.379. The number of carbonyl (C=O) groups excluding carboxylic acids is 1. The van der Waals surface area contributed by atoms with Crippen molar-refractivity contribution in [1.29, 1.82) is 0 Å². The molecule has 0 saturated carbocycles. The number of carbonyl (C=O) groups is 1. The van der Waals surface area contributed by atoms with Gasteiger partial charge in [0.25, 0.3) is 0 Å². The SMILES string of the molecule is CCCCCCC/C=C\CCCCCCCC(=O)NC(COC1OC(CO)C(OC2OC(CO)C(OC3OC(CO)C(O)C(O)C3O)C(O)C2O)C(O)C1O)C(O)/C=C/CC/C=C/CC/C=C/CCCCCCCC. The fraction of sp³-hybridized carbons (Fsp3) is 0.839. The van der Waals surface area contributed by atoms with Gasteiger partial charge in [-0.25, -0.2) is 0 Å². The smallest absolute Gasteiger partial charge is 0.220 e. The first-order chi connectivity index (χ1) is 36.3. The highest BCUT2D eigenvalue weighted by molar-refractivity contribution is 5.76. The highest BCUT2D eigenvalue weighted by Gasteiger charge is 2.53. The summed E-state index contributed by atoms with van der Waals surface area (Å²) in [5.41, 5.74) is 0. The summed E-state index contributed by atoms with van der Waals surface area (Å²) in [6.45, 7) is 1.64. The average molecular weight is 1070 g/mol. The Morgan fingerprint density at radius 2 is 0.853 bits per heavy atom. The number of rotatable bonds is 40. The molecule has 17 atom stereocenters. The summed E-state index contributed by atoms with van der Waals surface area (Å²) < 4.78 is 34.1. The van der Waals surface area contributed by atoms with Crippen LogP contribution in [0.1, 0.15) is 168 Å². The Bertz CT molecular complexity index is 1570. The Morgan fingerprint density at radius 3 is 1.33 bits per heavy atom. The number of aliphatic hydroxyl groups is 11. The molecule has 19 heteroatoms. The van der Waals surface area contributed by atoms with Gasteiger partial charge in [0.1, 0.15) is 73.2 Å². The first-order valence-electron chi connectivity index (χ1n) is 28.4. The third-order valence-electron chi connectivity index (χ3n) is 14.1. The van der Waals surface area contributed by atoms with Crippen molar-refractivity contribution in [2.24, 2.45) is 0 Å². The van der Waals surface area contributed by atoms with Crippen molar-refractivity contribution in [3.05, 3.63) is 48.6 Å². The van der Waals surface area contributed by atoms with Gasteiger partial charge < -0.3 is 89.9 Å². The van der Waals surface area contributed by atoms with Crippen molar-refractivity contribution in [3.8, 4) is 0 Å². The predicted molar refractivity (Wildman–Crippen MR) is 282 cm³/mol. The minimum absolute atomic E-state index is 0.221. The van der Waals surface area contributed by atoms with Crippen molar-refractivity contribution >= 4 is 5.91 Å². The zero-order valence-corrected chi connectivity index (χ0v) is 45.0.